The minimum absolute atomic E-state index is 0.243. The summed E-state index contributed by atoms with van der Waals surface area (Å²) in [6, 6.07) is 8.53. The highest BCUT2D eigenvalue weighted by molar-refractivity contribution is 6.04. The molecule has 1 aromatic carbocycles. The van der Waals surface area contributed by atoms with Gasteiger partial charge in [0.05, 0.1) is 0 Å². The molecule has 4 heteroatoms. The number of amides is 3. The fourth-order valence-electron chi connectivity index (χ4n) is 1.80. The summed E-state index contributed by atoms with van der Waals surface area (Å²) in [6.07, 6.45) is 0. The molecule has 0 aliphatic carbocycles. The number of hydrogen-bond acceptors (Lipinski definition) is 2. The third-order valence-electron chi connectivity index (χ3n) is 2.51. The van der Waals surface area contributed by atoms with E-state index in [0.29, 0.717) is 6.54 Å². The number of carbonyl (C=O) groups excluding carboxylic acids is 2. The Labute approximate surface area is 87.9 Å². The first kappa shape index (κ1) is 9.71. The smallest absolute Gasteiger partial charge is 0.309 e. The summed E-state index contributed by atoms with van der Waals surface area (Å²) >= 11 is 0. The lowest BCUT2D eigenvalue weighted by Gasteiger charge is -2.19. The highest BCUT2D eigenvalue weighted by Gasteiger charge is 2.37. The maximum absolute atomic E-state index is 11.6. The van der Waals surface area contributed by atoms with Crippen LogP contribution in [0.3, 0.4) is 0 Å². The van der Waals surface area contributed by atoms with Gasteiger partial charge in [-0.05, 0) is 12.5 Å². The van der Waals surface area contributed by atoms with Gasteiger partial charge >= 0.3 is 6.03 Å². The fourth-order valence-corrected chi connectivity index (χ4v) is 1.80. The predicted octanol–water partition coefficient (Wildman–Crippen LogP) is 1.30. The highest BCUT2D eigenvalue weighted by atomic mass is 16.2. The van der Waals surface area contributed by atoms with Crippen molar-refractivity contribution in [2.75, 3.05) is 6.54 Å². The van der Waals surface area contributed by atoms with Crippen LogP contribution in [0.15, 0.2) is 30.3 Å². The molecule has 0 spiro atoms. The Morgan fingerprint density at radius 3 is 2.53 bits per heavy atom. The van der Waals surface area contributed by atoms with Crippen LogP contribution in [0.1, 0.15) is 18.5 Å². The number of nitrogens with one attached hydrogen (secondary N) is 1. The van der Waals surface area contributed by atoms with Crippen LogP contribution in [0.4, 0.5) is 4.79 Å². The molecule has 1 heterocycles. The second kappa shape index (κ2) is 3.73. The minimum Gasteiger partial charge on any atom is -0.309 e. The zero-order chi connectivity index (χ0) is 10.8. The third kappa shape index (κ3) is 1.58. The van der Waals surface area contributed by atoms with Crippen molar-refractivity contribution in [3.63, 3.8) is 0 Å². The molecule has 0 aromatic heterocycles. The Hall–Kier alpha value is -1.84. The standard InChI is InChI=1S/C11H12N2O2/c1-2-13-9(10(14)12-11(13)15)8-6-4-3-5-7-8/h3-7,9H,2H2,1H3,(H,12,14,15). The summed E-state index contributed by atoms with van der Waals surface area (Å²) in [5.41, 5.74) is 0.850. The average molecular weight is 204 g/mol. The fraction of sp³-hybridized carbons (Fsp3) is 0.273. The van der Waals surface area contributed by atoms with Crippen LogP contribution in [-0.2, 0) is 4.79 Å². The number of hydrogen-bond donors (Lipinski definition) is 1. The molecule has 0 bridgehead atoms. The van der Waals surface area contributed by atoms with Crippen molar-refractivity contribution in [3.05, 3.63) is 35.9 Å². The first-order valence-corrected chi connectivity index (χ1v) is 4.90. The van der Waals surface area contributed by atoms with Gasteiger partial charge in [0, 0.05) is 6.54 Å². The van der Waals surface area contributed by atoms with Gasteiger partial charge in [0.15, 0.2) is 0 Å². The lowest BCUT2D eigenvalue weighted by atomic mass is 10.1. The zero-order valence-electron chi connectivity index (χ0n) is 8.43. The third-order valence-corrected chi connectivity index (χ3v) is 2.51. The van der Waals surface area contributed by atoms with E-state index in [4.69, 9.17) is 0 Å². The number of benzene rings is 1. The van der Waals surface area contributed by atoms with Gasteiger partial charge in [0.25, 0.3) is 5.91 Å². The van der Waals surface area contributed by atoms with Crippen molar-refractivity contribution in [2.45, 2.75) is 13.0 Å². The topological polar surface area (TPSA) is 49.4 Å². The van der Waals surface area contributed by atoms with Gasteiger partial charge in [0.1, 0.15) is 6.04 Å². The van der Waals surface area contributed by atoms with Crippen LogP contribution < -0.4 is 5.32 Å². The Morgan fingerprint density at radius 2 is 1.93 bits per heavy atom. The van der Waals surface area contributed by atoms with E-state index in [2.05, 4.69) is 5.32 Å². The van der Waals surface area contributed by atoms with Gasteiger partial charge in [-0.1, -0.05) is 30.3 Å². The van der Waals surface area contributed by atoms with Crippen LogP contribution in [0.5, 0.6) is 0 Å². The summed E-state index contributed by atoms with van der Waals surface area (Å²) in [7, 11) is 0. The van der Waals surface area contributed by atoms with E-state index < -0.39 is 6.04 Å². The SMILES string of the molecule is CCN1C(=O)NC(=O)C1c1ccccc1. The molecule has 1 aliphatic rings. The maximum Gasteiger partial charge on any atom is 0.325 e. The van der Waals surface area contributed by atoms with Crippen molar-refractivity contribution in [3.8, 4) is 0 Å². The summed E-state index contributed by atoms with van der Waals surface area (Å²) in [6.45, 7) is 2.38. The van der Waals surface area contributed by atoms with Crippen molar-refractivity contribution in [2.24, 2.45) is 0 Å². The van der Waals surface area contributed by atoms with Crippen molar-refractivity contribution < 1.29 is 9.59 Å². The van der Waals surface area contributed by atoms with Gasteiger partial charge < -0.3 is 4.90 Å². The van der Waals surface area contributed by atoms with Gasteiger partial charge in [-0.15, -0.1) is 0 Å². The highest BCUT2D eigenvalue weighted by Crippen LogP contribution is 2.24. The Kier molecular flexibility index (Phi) is 2.41. The normalized spacial score (nSPS) is 20.6. The maximum atomic E-state index is 11.6. The van der Waals surface area contributed by atoms with Crippen LogP contribution >= 0.6 is 0 Å². The number of carbonyl (C=O) groups is 2. The Bertz CT molecular complexity index is 389. The molecule has 2 rings (SSSR count). The molecule has 0 saturated carbocycles. The molecule has 1 aromatic rings. The zero-order valence-corrected chi connectivity index (χ0v) is 8.43. The van der Waals surface area contributed by atoms with E-state index >= 15 is 0 Å². The summed E-state index contributed by atoms with van der Waals surface area (Å²) in [5, 5.41) is 2.31. The van der Waals surface area contributed by atoms with Gasteiger partial charge in [-0.3, -0.25) is 10.1 Å². The summed E-state index contributed by atoms with van der Waals surface area (Å²) in [4.78, 5) is 24.5. The molecule has 1 atom stereocenters. The van der Waals surface area contributed by atoms with Gasteiger partial charge in [-0.25, -0.2) is 4.79 Å². The molecule has 3 amide bonds. The number of likely N-dealkylation sites (N-methyl/N-ethyl adjacent to an activating group) is 1. The first-order chi connectivity index (χ1) is 7.24. The number of nitrogens with zero attached hydrogens (tertiary/aromatic N) is 1. The molecular weight excluding hydrogens is 192 g/mol. The molecule has 1 unspecified atom stereocenters. The molecule has 1 aliphatic heterocycles. The van der Waals surface area contributed by atoms with Crippen LogP contribution in [0, 0.1) is 0 Å². The van der Waals surface area contributed by atoms with Crippen molar-refractivity contribution in [1.29, 1.82) is 0 Å². The van der Waals surface area contributed by atoms with E-state index in [1.165, 1.54) is 4.90 Å². The van der Waals surface area contributed by atoms with Gasteiger partial charge in [-0.2, -0.15) is 0 Å². The van der Waals surface area contributed by atoms with Crippen molar-refractivity contribution >= 4 is 11.9 Å². The van der Waals surface area contributed by atoms with Crippen molar-refractivity contribution in [1.82, 2.24) is 10.2 Å². The van der Waals surface area contributed by atoms with E-state index in [9.17, 15) is 9.59 Å². The second-order valence-electron chi connectivity index (χ2n) is 3.39. The number of urea groups is 1. The Morgan fingerprint density at radius 1 is 1.27 bits per heavy atom. The number of rotatable bonds is 2. The summed E-state index contributed by atoms with van der Waals surface area (Å²) < 4.78 is 0. The monoisotopic (exact) mass is 204 g/mol. The minimum atomic E-state index is -0.469. The van der Waals surface area contributed by atoms with E-state index in [1.54, 1.807) is 0 Å². The molecular formula is C11H12N2O2. The van der Waals surface area contributed by atoms with E-state index in [1.807, 2.05) is 37.3 Å². The van der Waals surface area contributed by atoms with E-state index in [0.717, 1.165) is 5.56 Å². The average Bonchev–Trinajstić information content (AvgIpc) is 2.54. The molecule has 4 nitrogen and oxygen atoms in total. The molecule has 15 heavy (non-hydrogen) atoms. The predicted molar refractivity (Wildman–Crippen MR) is 55.1 cm³/mol. The summed E-state index contributed by atoms with van der Waals surface area (Å²) in [5.74, 6) is -0.243. The van der Waals surface area contributed by atoms with Gasteiger partial charge in [0.2, 0.25) is 0 Å². The lowest BCUT2D eigenvalue weighted by Crippen LogP contribution is -2.29. The second-order valence-corrected chi connectivity index (χ2v) is 3.39. The molecule has 1 fully saturated rings. The van der Waals surface area contributed by atoms with E-state index in [-0.39, 0.29) is 11.9 Å². The first-order valence-electron chi connectivity index (χ1n) is 4.90. The molecule has 1 N–H and O–H groups in total. The Balaban J connectivity index is 2.35. The lowest BCUT2D eigenvalue weighted by molar-refractivity contribution is -0.121. The van der Waals surface area contributed by atoms with Crippen LogP contribution in [-0.4, -0.2) is 23.4 Å². The number of imide groups is 1. The largest absolute Gasteiger partial charge is 0.325 e. The van der Waals surface area contributed by atoms with Crippen LogP contribution in [0.2, 0.25) is 0 Å². The van der Waals surface area contributed by atoms with Crippen LogP contribution in [0.25, 0.3) is 0 Å². The molecule has 0 radical (unpaired) electrons. The molecule has 1 saturated heterocycles. The molecule has 78 valence electrons. The quantitative estimate of drug-likeness (QED) is 0.738.